The number of anilines is 1. The van der Waals surface area contributed by atoms with Crippen LogP contribution in [-0.2, 0) is 9.59 Å². The summed E-state index contributed by atoms with van der Waals surface area (Å²) < 4.78 is 0. The molecule has 1 saturated heterocycles. The highest BCUT2D eigenvalue weighted by atomic mass is 35.5. The molecule has 0 aliphatic carbocycles. The van der Waals surface area contributed by atoms with E-state index in [2.05, 4.69) is 5.32 Å². The highest BCUT2D eigenvalue weighted by Gasteiger charge is 2.22. The minimum absolute atomic E-state index is 0. The molecule has 0 radical (unpaired) electrons. The van der Waals surface area contributed by atoms with E-state index in [0.717, 1.165) is 24.2 Å². The molecule has 0 saturated carbocycles. The summed E-state index contributed by atoms with van der Waals surface area (Å²) in [6.45, 7) is 6.57. The molecule has 6 heteroatoms. The minimum Gasteiger partial charge on any atom is -0.348 e. The Morgan fingerprint density at radius 2 is 1.83 bits per heavy atom. The Morgan fingerprint density at radius 3 is 2.30 bits per heavy atom. The van der Waals surface area contributed by atoms with Crippen LogP contribution in [-0.4, -0.2) is 24.4 Å². The lowest BCUT2D eigenvalue weighted by Gasteiger charge is -2.21. The van der Waals surface area contributed by atoms with Crippen molar-refractivity contribution in [3.05, 3.63) is 29.8 Å². The number of nitrogens with two attached hydrogens (primary N) is 1. The first kappa shape index (κ1) is 19.5. The van der Waals surface area contributed by atoms with Crippen LogP contribution >= 0.6 is 12.4 Å². The highest BCUT2D eigenvalue weighted by Crippen LogP contribution is 2.23. The molecular weight excluding hydrogens is 314 g/mol. The Bertz CT molecular complexity index is 545. The van der Waals surface area contributed by atoms with E-state index in [9.17, 15) is 9.59 Å². The van der Waals surface area contributed by atoms with Gasteiger partial charge in [0.15, 0.2) is 0 Å². The largest absolute Gasteiger partial charge is 0.348 e. The van der Waals surface area contributed by atoms with Crippen molar-refractivity contribution < 1.29 is 9.59 Å². The number of benzene rings is 1. The van der Waals surface area contributed by atoms with Crippen molar-refractivity contribution in [3.8, 4) is 0 Å². The molecule has 2 amide bonds. The summed E-state index contributed by atoms with van der Waals surface area (Å²) in [7, 11) is 0. The fourth-order valence-electron chi connectivity index (χ4n) is 2.56. The van der Waals surface area contributed by atoms with E-state index in [1.54, 1.807) is 0 Å². The van der Waals surface area contributed by atoms with Gasteiger partial charge < -0.3 is 16.0 Å². The molecule has 1 aliphatic heterocycles. The predicted molar refractivity (Wildman–Crippen MR) is 94.6 cm³/mol. The molecule has 3 N–H and O–H groups in total. The van der Waals surface area contributed by atoms with E-state index >= 15 is 0 Å². The van der Waals surface area contributed by atoms with E-state index < -0.39 is 6.04 Å². The minimum atomic E-state index is -0.496. The summed E-state index contributed by atoms with van der Waals surface area (Å²) in [4.78, 5) is 25.5. The normalized spacial score (nSPS) is 16.9. The third-order valence-electron chi connectivity index (χ3n) is 4.16. The van der Waals surface area contributed by atoms with Gasteiger partial charge >= 0.3 is 0 Å². The van der Waals surface area contributed by atoms with Crippen LogP contribution in [0.3, 0.4) is 0 Å². The first-order valence-corrected chi connectivity index (χ1v) is 7.86. The van der Waals surface area contributed by atoms with Crippen LogP contribution in [0.1, 0.15) is 45.2 Å². The molecule has 0 spiro atoms. The van der Waals surface area contributed by atoms with Crippen LogP contribution in [0.4, 0.5) is 5.69 Å². The second-order valence-corrected chi connectivity index (χ2v) is 6.24. The average molecular weight is 340 g/mol. The second-order valence-electron chi connectivity index (χ2n) is 6.24. The van der Waals surface area contributed by atoms with Crippen molar-refractivity contribution in [2.45, 2.75) is 45.7 Å². The topological polar surface area (TPSA) is 75.4 Å². The molecule has 5 nitrogen and oxygen atoms in total. The molecule has 1 unspecified atom stereocenters. The summed E-state index contributed by atoms with van der Waals surface area (Å²) in [6, 6.07) is 7.16. The van der Waals surface area contributed by atoms with Gasteiger partial charge in [-0.3, -0.25) is 9.59 Å². The average Bonchev–Trinajstić information content (AvgIpc) is 2.92. The van der Waals surface area contributed by atoms with Gasteiger partial charge in [-0.05, 0) is 37.0 Å². The zero-order valence-corrected chi connectivity index (χ0v) is 14.7. The summed E-state index contributed by atoms with van der Waals surface area (Å²) in [5, 5.41) is 2.93. The number of hydrogen-bond donors (Lipinski definition) is 2. The summed E-state index contributed by atoms with van der Waals surface area (Å²) in [5.74, 6) is 0.147. The first-order valence-electron chi connectivity index (χ1n) is 7.86. The van der Waals surface area contributed by atoms with Crippen LogP contribution < -0.4 is 16.0 Å². The lowest BCUT2D eigenvalue weighted by atomic mass is 10.0. The number of hydrogen-bond acceptors (Lipinski definition) is 3. The molecule has 128 valence electrons. The number of nitrogens with one attached hydrogen (secondary N) is 1. The van der Waals surface area contributed by atoms with E-state index in [0.29, 0.717) is 6.42 Å². The van der Waals surface area contributed by atoms with Gasteiger partial charge in [0.25, 0.3) is 0 Å². The molecule has 0 aromatic heterocycles. The van der Waals surface area contributed by atoms with Crippen LogP contribution in [0.5, 0.6) is 0 Å². The zero-order chi connectivity index (χ0) is 16.3. The maximum Gasteiger partial charge on any atom is 0.237 e. The lowest BCUT2D eigenvalue weighted by Crippen LogP contribution is -2.44. The second kappa shape index (κ2) is 8.31. The highest BCUT2D eigenvalue weighted by molar-refractivity contribution is 5.95. The molecular formula is C17H26ClN3O2. The van der Waals surface area contributed by atoms with Gasteiger partial charge in [0, 0.05) is 18.7 Å². The van der Waals surface area contributed by atoms with Crippen molar-refractivity contribution in [3.63, 3.8) is 0 Å². The summed E-state index contributed by atoms with van der Waals surface area (Å²) in [5.41, 5.74) is 7.77. The van der Waals surface area contributed by atoms with Crippen molar-refractivity contribution in [2.24, 2.45) is 11.7 Å². The van der Waals surface area contributed by atoms with E-state index in [1.165, 1.54) is 0 Å². The SMILES string of the molecule is CC(NC(=O)[C@@H](N)C(C)C)c1ccc(N2CCCC2=O)cc1.Cl. The Kier molecular flexibility index (Phi) is 7.03. The smallest absolute Gasteiger partial charge is 0.237 e. The maximum absolute atomic E-state index is 12.0. The van der Waals surface area contributed by atoms with Crippen LogP contribution in [0.2, 0.25) is 0 Å². The number of nitrogens with zero attached hydrogens (tertiary/aromatic N) is 1. The fraction of sp³-hybridized carbons (Fsp3) is 0.529. The Hall–Kier alpha value is -1.59. The van der Waals surface area contributed by atoms with Crippen molar-refractivity contribution in [1.29, 1.82) is 0 Å². The van der Waals surface area contributed by atoms with Gasteiger partial charge in [0.1, 0.15) is 0 Å². The molecule has 1 fully saturated rings. The van der Waals surface area contributed by atoms with Gasteiger partial charge in [0.05, 0.1) is 12.1 Å². The van der Waals surface area contributed by atoms with Crippen LogP contribution in [0, 0.1) is 5.92 Å². The number of rotatable bonds is 5. The molecule has 1 aromatic carbocycles. The first-order chi connectivity index (χ1) is 10.4. The standard InChI is InChI=1S/C17H25N3O2.ClH/c1-11(2)16(18)17(22)19-12(3)13-6-8-14(9-7-13)20-10-4-5-15(20)21;/h6-9,11-12,16H,4-5,10,18H2,1-3H3,(H,19,22);1H/t12?,16-;/m0./s1. The van der Waals surface area contributed by atoms with E-state index in [-0.39, 0.29) is 36.2 Å². The van der Waals surface area contributed by atoms with Gasteiger partial charge in [-0.2, -0.15) is 0 Å². The monoisotopic (exact) mass is 339 g/mol. The molecule has 23 heavy (non-hydrogen) atoms. The Labute approximate surface area is 144 Å². The van der Waals surface area contributed by atoms with E-state index in [4.69, 9.17) is 5.73 Å². The summed E-state index contributed by atoms with van der Waals surface area (Å²) >= 11 is 0. The molecule has 1 heterocycles. The van der Waals surface area contributed by atoms with Gasteiger partial charge in [-0.15, -0.1) is 12.4 Å². The number of carbonyl (C=O) groups excluding carboxylic acids is 2. The van der Waals surface area contributed by atoms with Gasteiger partial charge in [-0.25, -0.2) is 0 Å². The molecule has 2 rings (SSSR count). The third-order valence-corrected chi connectivity index (χ3v) is 4.16. The fourth-order valence-corrected chi connectivity index (χ4v) is 2.56. The number of halogens is 1. The van der Waals surface area contributed by atoms with Crippen molar-refractivity contribution in [2.75, 3.05) is 11.4 Å². The molecule has 0 bridgehead atoms. The van der Waals surface area contributed by atoms with Crippen molar-refractivity contribution in [1.82, 2.24) is 5.32 Å². The summed E-state index contributed by atoms with van der Waals surface area (Å²) in [6.07, 6.45) is 1.54. The quantitative estimate of drug-likeness (QED) is 0.864. The van der Waals surface area contributed by atoms with Crippen LogP contribution in [0.15, 0.2) is 24.3 Å². The predicted octanol–water partition coefficient (Wildman–Crippen LogP) is 2.40. The Balaban J connectivity index is 0.00000264. The van der Waals surface area contributed by atoms with E-state index in [1.807, 2.05) is 49.9 Å². The molecule has 1 aliphatic rings. The lowest BCUT2D eigenvalue weighted by molar-refractivity contribution is -0.124. The Morgan fingerprint density at radius 1 is 1.22 bits per heavy atom. The zero-order valence-electron chi connectivity index (χ0n) is 13.9. The number of carbonyl (C=O) groups is 2. The van der Waals surface area contributed by atoms with Gasteiger partial charge in [-0.1, -0.05) is 26.0 Å². The maximum atomic E-state index is 12.0. The number of amides is 2. The van der Waals surface area contributed by atoms with Crippen molar-refractivity contribution >= 4 is 29.9 Å². The molecule has 1 aromatic rings. The third kappa shape index (κ3) is 4.69. The van der Waals surface area contributed by atoms with Crippen LogP contribution in [0.25, 0.3) is 0 Å². The molecule has 2 atom stereocenters. The van der Waals surface area contributed by atoms with Gasteiger partial charge in [0.2, 0.25) is 11.8 Å².